The van der Waals surface area contributed by atoms with Gasteiger partial charge in [0.25, 0.3) is 0 Å². The molecule has 0 aliphatic rings. The van der Waals surface area contributed by atoms with Crippen LogP contribution in [0.25, 0.3) is 0 Å². The lowest BCUT2D eigenvalue weighted by Gasteiger charge is -1.91. The molecule has 5 heteroatoms. The summed E-state index contributed by atoms with van der Waals surface area (Å²) in [6, 6.07) is 0. The summed E-state index contributed by atoms with van der Waals surface area (Å²) in [5, 5.41) is 0. The van der Waals surface area contributed by atoms with E-state index in [1.807, 2.05) is 6.08 Å². The molecule has 0 radical (unpaired) electrons. The largest absolute Gasteiger partial charge is 0.445 e. The van der Waals surface area contributed by atoms with E-state index in [1.165, 1.54) is 18.9 Å². The molecule has 0 aliphatic carbocycles. The van der Waals surface area contributed by atoms with Crippen LogP contribution in [0.1, 0.15) is 32.6 Å². The number of allylic oxidation sites excluding steroid dienone is 3. The highest BCUT2D eigenvalue weighted by Crippen LogP contribution is 1.99. The fourth-order valence-electron chi connectivity index (χ4n) is 0.835. The van der Waals surface area contributed by atoms with Crippen molar-refractivity contribution in [2.24, 2.45) is 0 Å². The molecule has 0 heterocycles. The molecule has 4 nitrogen and oxygen atoms in total. The van der Waals surface area contributed by atoms with Crippen LogP contribution in [0, 0.1) is 0 Å². The second-order valence-corrected chi connectivity index (χ2v) is 3.82. The summed E-state index contributed by atoms with van der Waals surface area (Å²) in [4.78, 5) is 0. The van der Waals surface area contributed by atoms with Crippen LogP contribution in [0.15, 0.2) is 24.5 Å². The molecule has 0 aromatic heterocycles. The molecule has 0 fully saturated rings. The van der Waals surface area contributed by atoms with E-state index in [0.29, 0.717) is 0 Å². The third-order valence-electron chi connectivity index (χ3n) is 1.48. The van der Waals surface area contributed by atoms with Crippen LogP contribution in [0.2, 0.25) is 0 Å². The first-order valence-corrected chi connectivity index (χ1v) is 5.90. The Kier molecular flexibility index (Phi) is 7.14. The van der Waals surface area contributed by atoms with Gasteiger partial charge in [0.2, 0.25) is 0 Å². The zero-order chi connectivity index (χ0) is 10.9. The Morgan fingerprint density at radius 2 is 2.00 bits per heavy atom. The molecule has 0 aromatic carbocycles. The normalized spacial score (nSPS) is 12.7. The molecule has 82 valence electrons. The van der Waals surface area contributed by atoms with E-state index in [0.717, 1.165) is 19.1 Å². The molecular weight excluding hydrogens is 204 g/mol. The van der Waals surface area contributed by atoms with Crippen molar-refractivity contribution in [2.45, 2.75) is 32.6 Å². The molecule has 0 amide bonds. The Bertz CT molecular complexity index is 277. The summed E-state index contributed by atoms with van der Waals surface area (Å²) < 4.78 is 32.2. The molecule has 0 saturated heterocycles. The van der Waals surface area contributed by atoms with Crippen molar-refractivity contribution in [3.63, 3.8) is 0 Å². The van der Waals surface area contributed by atoms with Crippen molar-refractivity contribution in [1.82, 2.24) is 0 Å². The highest BCUT2D eigenvalue weighted by atomic mass is 32.3. The SMILES string of the molecule is CCCCCC=CC=COS(=O)(=O)O. The molecule has 0 atom stereocenters. The van der Waals surface area contributed by atoms with Crippen molar-refractivity contribution in [3.8, 4) is 0 Å². The maximum Gasteiger partial charge on any atom is 0.445 e. The Balaban J connectivity index is 3.52. The van der Waals surface area contributed by atoms with Crippen LogP contribution in [0.4, 0.5) is 0 Å². The second-order valence-electron chi connectivity index (χ2n) is 2.78. The van der Waals surface area contributed by atoms with Crippen LogP contribution >= 0.6 is 0 Å². The van der Waals surface area contributed by atoms with Crippen LogP contribution in [0.5, 0.6) is 0 Å². The van der Waals surface area contributed by atoms with Gasteiger partial charge in [-0.2, -0.15) is 8.42 Å². The number of hydrogen-bond donors (Lipinski definition) is 1. The standard InChI is InChI=1S/C9H16O4S/c1-2-3-4-5-6-7-8-9-13-14(10,11)12/h6-9H,2-5H2,1H3,(H,10,11,12). The van der Waals surface area contributed by atoms with E-state index in [9.17, 15) is 8.42 Å². The van der Waals surface area contributed by atoms with E-state index in [4.69, 9.17) is 4.55 Å². The van der Waals surface area contributed by atoms with Crippen molar-refractivity contribution in [3.05, 3.63) is 24.5 Å². The second kappa shape index (κ2) is 7.58. The summed E-state index contributed by atoms with van der Waals surface area (Å²) in [6.45, 7) is 2.13. The monoisotopic (exact) mass is 220 g/mol. The minimum atomic E-state index is -4.35. The quantitative estimate of drug-likeness (QED) is 0.310. The van der Waals surface area contributed by atoms with Gasteiger partial charge in [-0.3, -0.25) is 4.55 Å². The summed E-state index contributed by atoms with van der Waals surface area (Å²) >= 11 is 0. The fraction of sp³-hybridized carbons (Fsp3) is 0.556. The van der Waals surface area contributed by atoms with Crippen molar-refractivity contribution in [2.75, 3.05) is 0 Å². The van der Waals surface area contributed by atoms with Crippen LogP contribution in [0.3, 0.4) is 0 Å². The molecule has 0 saturated carbocycles. The van der Waals surface area contributed by atoms with Gasteiger partial charge < -0.3 is 4.18 Å². The average molecular weight is 220 g/mol. The van der Waals surface area contributed by atoms with Gasteiger partial charge in [-0.15, -0.1) is 0 Å². The van der Waals surface area contributed by atoms with Gasteiger partial charge in [-0.1, -0.05) is 31.9 Å². The Morgan fingerprint density at radius 1 is 1.29 bits per heavy atom. The smallest absolute Gasteiger partial charge is 0.370 e. The van der Waals surface area contributed by atoms with Gasteiger partial charge >= 0.3 is 10.4 Å². The molecular formula is C9H16O4S. The third kappa shape index (κ3) is 11.2. The highest BCUT2D eigenvalue weighted by molar-refractivity contribution is 7.81. The van der Waals surface area contributed by atoms with E-state index < -0.39 is 10.4 Å². The summed E-state index contributed by atoms with van der Waals surface area (Å²) in [5.41, 5.74) is 0. The molecule has 1 N–H and O–H groups in total. The number of rotatable bonds is 7. The topological polar surface area (TPSA) is 63.6 Å². The molecule has 14 heavy (non-hydrogen) atoms. The first-order chi connectivity index (χ1) is 6.56. The number of hydrogen-bond acceptors (Lipinski definition) is 3. The van der Waals surface area contributed by atoms with Gasteiger partial charge in [0.15, 0.2) is 0 Å². The van der Waals surface area contributed by atoms with Gasteiger partial charge in [-0.05, 0) is 18.9 Å². The maximum absolute atomic E-state index is 10.1. The predicted molar refractivity (Wildman–Crippen MR) is 55.1 cm³/mol. The Hall–Kier alpha value is -0.810. The minimum Gasteiger partial charge on any atom is -0.370 e. The first kappa shape index (κ1) is 13.2. The Labute approximate surface area is 85.2 Å². The van der Waals surface area contributed by atoms with Crippen LogP contribution in [-0.2, 0) is 14.6 Å². The molecule has 0 unspecified atom stereocenters. The lowest BCUT2D eigenvalue weighted by Crippen LogP contribution is -1.96. The molecule has 0 bridgehead atoms. The molecule has 0 rings (SSSR count). The summed E-state index contributed by atoms with van der Waals surface area (Å²) in [7, 11) is -4.35. The third-order valence-corrected chi connectivity index (χ3v) is 1.83. The van der Waals surface area contributed by atoms with E-state index in [-0.39, 0.29) is 0 Å². The highest BCUT2D eigenvalue weighted by Gasteiger charge is 1.97. The van der Waals surface area contributed by atoms with Crippen LogP contribution in [-0.4, -0.2) is 13.0 Å². The van der Waals surface area contributed by atoms with Gasteiger partial charge in [-0.25, -0.2) is 0 Å². The van der Waals surface area contributed by atoms with Crippen molar-refractivity contribution < 1.29 is 17.2 Å². The summed E-state index contributed by atoms with van der Waals surface area (Å²) in [5.74, 6) is 0. The zero-order valence-electron chi connectivity index (χ0n) is 8.22. The van der Waals surface area contributed by atoms with Crippen molar-refractivity contribution >= 4 is 10.4 Å². The van der Waals surface area contributed by atoms with E-state index in [1.54, 1.807) is 6.08 Å². The Morgan fingerprint density at radius 3 is 2.57 bits per heavy atom. The van der Waals surface area contributed by atoms with Gasteiger partial charge in [0.05, 0.1) is 0 Å². The first-order valence-electron chi connectivity index (χ1n) is 4.53. The summed E-state index contributed by atoms with van der Waals surface area (Å²) in [6.07, 6.45) is 10.4. The zero-order valence-corrected chi connectivity index (χ0v) is 9.03. The minimum absolute atomic E-state index is 0.922. The van der Waals surface area contributed by atoms with Gasteiger partial charge in [0.1, 0.15) is 6.26 Å². The van der Waals surface area contributed by atoms with E-state index in [2.05, 4.69) is 11.1 Å². The molecule has 0 aliphatic heterocycles. The lowest BCUT2D eigenvalue weighted by molar-refractivity contribution is 0.356. The van der Waals surface area contributed by atoms with Gasteiger partial charge in [0, 0.05) is 0 Å². The molecule has 0 spiro atoms. The average Bonchev–Trinajstić information content (AvgIpc) is 2.08. The van der Waals surface area contributed by atoms with E-state index >= 15 is 0 Å². The maximum atomic E-state index is 10.1. The predicted octanol–water partition coefficient (Wildman–Crippen LogP) is 2.46. The fourth-order valence-corrected chi connectivity index (χ4v) is 1.04. The molecule has 0 aromatic rings. The van der Waals surface area contributed by atoms with Crippen LogP contribution < -0.4 is 0 Å². The lowest BCUT2D eigenvalue weighted by atomic mass is 10.2. The number of unbranched alkanes of at least 4 members (excludes halogenated alkanes) is 3. The van der Waals surface area contributed by atoms with Crippen molar-refractivity contribution in [1.29, 1.82) is 0 Å².